The van der Waals surface area contributed by atoms with Gasteiger partial charge in [0.25, 0.3) is 5.91 Å². The number of hydrogen-bond acceptors (Lipinski definition) is 5. The Morgan fingerprint density at radius 3 is 2.00 bits per heavy atom. The molecule has 2 aromatic rings. The van der Waals surface area contributed by atoms with Crippen LogP contribution in [0.1, 0.15) is 36.8 Å². The average Bonchev–Trinajstić information content (AvgIpc) is 3.03. The highest BCUT2D eigenvalue weighted by Gasteiger charge is 2.43. The molecule has 0 saturated carbocycles. The number of carbonyl (C=O) groups excluding carboxylic acids is 3. The van der Waals surface area contributed by atoms with Crippen LogP contribution in [0.4, 0.5) is 45.2 Å². The summed E-state index contributed by atoms with van der Waals surface area (Å²) >= 11 is 0. The van der Waals surface area contributed by atoms with Crippen LogP contribution in [0.5, 0.6) is 5.75 Å². The first-order valence-electron chi connectivity index (χ1n) is 13.2. The molecule has 0 saturated heterocycles. The molecule has 0 radical (unpaired) electrons. The first kappa shape index (κ1) is 35.2. The monoisotopic (exact) mass is 654 g/mol. The van der Waals surface area contributed by atoms with Gasteiger partial charge in [0.15, 0.2) is 0 Å². The number of nitrogens with one attached hydrogen (secondary N) is 1. The molecule has 0 aromatic heterocycles. The number of benzene rings is 2. The van der Waals surface area contributed by atoms with Gasteiger partial charge >= 0.3 is 18.5 Å². The summed E-state index contributed by atoms with van der Waals surface area (Å²) in [5, 5.41) is 1.98. The van der Waals surface area contributed by atoms with Gasteiger partial charge in [0.05, 0.1) is 18.5 Å². The van der Waals surface area contributed by atoms with Gasteiger partial charge in [-0.3, -0.25) is 19.3 Å². The molecular formula is C28H27F9N4O4. The van der Waals surface area contributed by atoms with Gasteiger partial charge < -0.3 is 15.8 Å². The lowest BCUT2D eigenvalue weighted by molar-refractivity contribution is -0.152. The van der Waals surface area contributed by atoms with Crippen molar-refractivity contribution in [3.05, 3.63) is 59.7 Å². The lowest BCUT2D eigenvalue weighted by Crippen LogP contribution is -2.52. The number of alkyl halides is 9. The molecule has 1 heterocycles. The number of ether oxygens (including phenoxy) is 1. The van der Waals surface area contributed by atoms with Crippen molar-refractivity contribution in [1.29, 1.82) is 0 Å². The number of amides is 3. The third-order valence-corrected chi connectivity index (χ3v) is 6.84. The lowest BCUT2D eigenvalue weighted by atomic mass is 9.83. The predicted octanol–water partition coefficient (Wildman–Crippen LogP) is 5.29. The molecule has 3 atom stereocenters. The van der Waals surface area contributed by atoms with E-state index in [1.165, 1.54) is 43.5 Å². The molecule has 0 unspecified atom stereocenters. The number of primary amides is 1. The molecule has 17 heteroatoms. The van der Waals surface area contributed by atoms with E-state index < -0.39 is 86.5 Å². The molecule has 2 aromatic carbocycles. The van der Waals surface area contributed by atoms with E-state index in [4.69, 9.17) is 10.5 Å². The average molecular weight is 655 g/mol. The van der Waals surface area contributed by atoms with Gasteiger partial charge in [-0.2, -0.15) is 39.5 Å². The normalized spacial score (nSPS) is 17.1. The number of benzodiazepines with no additional fused rings is 1. The first-order valence-corrected chi connectivity index (χ1v) is 13.2. The molecule has 0 fully saturated rings. The smallest absolute Gasteiger partial charge is 0.406 e. The molecule has 0 spiro atoms. The predicted molar refractivity (Wildman–Crippen MR) is 142 cm³/mol. The van der Waals surface area contributed by atoms with E-state index >= 15 is 0 Å². The third kappa shape index (κ3) is 9.84. The summed E-state index contributed by atoms with van der Waals surface area (Å²) in [5.74, 6) is -8.56. The number of anilines is 1. The van der Waals surface area contributed by atoms with Gasteiger partial charge in [-0.1, -0.05) is 30.3 Å². The van der Waals surface area contributed by atoms with E-state index in [1.807, 2.05) is 5.32 Å². The second-order valence-electron chi connectivity index (χ2n) is 10.1. The number of aliphatic imine (C=N–C) groups is 1. The van der Waals surface area contributed by atoms with Crippen molar-refractivity contribution in [2.75, 3.05) is 18.6 Å². The Hall–Kier alpha value is -4.31. The van der Waals surface area contributed by atoms with E-state index in [-0.39, 0.29) is 33.2 Å². The van der Waals surface area contributed by atoms with Crippen molar-refractivity contribution in [3.8, 4) is 5.75 Å². The van der Waals surface area contributed by atoms with Crippen LogP contribution in [0.25, 0.3) is 0 Å². The van der Waals surface area contributed by atoms with Crippen molar-refractivity contribution in [3.63, 3.8) is 0 Å². The summed E-state index contributed by atoms with van der Waals surface area (Å²) in [5.41, 5.74) is 4.99. The van der Waals surface area contributed by atoms with E-state index in [9.17, 15) is 53.9 Å². The highest BCUT2D eigenvalue weighted by Crippen LogP contribution is 2.35. The number of rotatable bonds is 11. The maximum Gasteiger partial charge on any atom is 0.406 e. The maximum atomic E-state index is 13.7. The van der Waals surface area contributed by atoms with Crippen LogP contribution < -0.4 is 20.7 Å². The summed E-state index contributed by atoms with van der Waals surface area (Å²) in [6.07, 6.45) is -22.7. The highest BCUT2D eigenvalue weighted by atomic mass is 19.4. The van der Waals surface area contributed by atoms with Crippen molar-refractivity contribution >= 4 is 29.1 Å². The number of nitrogens with zero attached hydrogens (tertiary/aromatic N) is 2. The Kier molecular flexibility index (Phi) is 10.8. The highest BCUT2D eigenvalue weighted by molar-refractivity contribution is 6.20. The number of nitrogens with two attached hydrogens (primary N) is 1. The number of halogens is 9. The quantitative estimate of drug-likeness (QED) is 0.321. The van der Waals surface area contributed by atoms with Crippen LogP contribution in [-0.4, -0.2) is 61.8 Å². The Morgan fingerprint density at radius 2 is 1.49 bits per heavy atom. The third-order valence-electron chi connectivity index (χ3n) is 6.84. The number of hydrogen-bond donors (Lipinski definition) is 2. The van der Waals surface area contributed by atoms with Crippen molar-refractivity contribution < 1.29 is 58.6 Å². The topological polar surface area (TPSA) is 114 Å². The number of fused-ring (bicyclic) bond motifs is 1. The van der Waals surface area contributed by atoms with Crippen LogP contribution in [0, 0.1) is 11.8 Å². The molecule has 3 rings (SSSR count). The summed E-state index contributed by atoms with van der Waals surface area (Å²) in [4.78, 5) is 43.6. The molecular weight excluding hydrogens is 627 g/mol. The molecule has 0 aliphatic carbocycles. The second-order valence-corrected chi connectivity index (χ2v) is 10.1. The fourth-order valence-corrected chi connectivity index (χ4v) is 4.79. The molecule has 8 nitrogen and oxygen atoms in total. The molecule has 1 aliphatic heterocycles. The Balaban J connectivity index is 2.15. The summed E-state index contributed by atoms with van der Waals surface area (Å²) in [7, 11) is 1.27. The first-order chi connectivity index (χ1) is 20.8. The number of carbonyl (C=O) groups is 3. The maximum absolute atomic E-state index is 13.7. The Morgan fingerprint density at radius 1 is 0.911 bits per heavy atom. The summed E-state index contributed by atoms with van der Waals surface area (Å²) in [6.45, 7) is -1.87. The van der Waals surface area contributed by atoms with Gasteiger partial charge in [0.2, 0.25) is 18.0 Å². The standard InChI is InChI=1S/C28H27F9N4O4/c1-45-16-7-8-20-19(13-16)21(15-5-3-2-4-6-15)39-23(25(44)41(20)14-28(35,36)37)40-24(43)18(10-12-27(32,33)34)17(22(38)42)9-11-26(29,30)31/h2-8,13,17-18,23H,9-12,14H2,1H3,(H2,38,42)(H,40,43)/t17-,18+,23+/m0/s1. The molecule has 3 N–H and O–H groups in total. The second kappa shape index (κ2) is 13.8. The van der Waals surface area contributed by atoms with Crippen LogP contribution in [-0.2, 0) is 14.4 Å². The minimum absolute atomic E-state index is 0.0382. The molecule has 0 bridgehead atoms. The van der Waals surface area contributed by atoms with Crippen LogP contribution in [0.15, 0.2) is 53.5 Å². The zero-order valence-corrected chi connectivity index (χ0v) is 23.4. The lowest BCUT2D eigenvalue weighted by Gasteiger charge is -2.29. The zero-order valence-electron chi connectivity index (χ0n) is 23.4. The van der Waals surface area contributed by atoms with Crippen molar-refractivity contribution in [1.82, 2.24) is 5.32 Å². The molecule has 45 heavy (non-hydrogen) atoms. The van der Waals surface area contributed by atoms with Crippen LogP contribution >= 0.6 is 0 Å². The van der Waals surface area contributed by atoms with E-state index in [0.717, 1.165) is 6.07 Å². The summed E-state index contributed by atoms with van der Waals surface area (Å²) in [6, 6.07) is 11.3. The zero-order chi connectivity index (χ0) is 33.7. The Labute approximate surface area is 250 Å². The van der Waals surface area contributed by atoms with E-state index in [0.29, 0.717) is 0 Å². The Bertz CT molecular complexity index is 1410. The van der Waals surface area contributed by atoms with Gasteiger partial charge in [0, 0.05) is 35.8 Å². The van der Waals surface area contributed by atoms with Crippen molar-refractivity contribution in [2.45, 2.75) is 50.4 Å². The van der Waals surface area contributed by atoms with E-state index in [2.05, 4.69) is 4.99 Å². The van der Waals surface area contributed by atoms with E-state index in [1.54, 1.807) is 6.07 Å². The van der Waals surface area contributed by atoms with Gasteiger partial charge in [-0.15, -0.1) is 0 Å². The van der Waals surface area contributed by atoms with Crippen molar-refractivity contribution in [2.24, 2.45) is 22.6 Å². The minimum Gasteiger partial charge on any atom is -0.497 e. The largest absolute Gasteiger partial charge is 0.497 e. The van der Waals surface area contributed by atoms with Gasteiger partial charge in [0.1, 0.15) is 12.3 Å². The number of methoxy groups -OCH3 is 1. The summed E-state index contributed by atoms with van der Waals surface area (Å²) < 4.78 is 125. The molecule has 246 valence electrons. The minimum atomic E-state index is -4.98. The fraction of sp³-hybridized carbons (Fsp3) is 0.429. The SMILES string of the molecule is COc1ccc2c(c1)C(c1ccccc1)=N[C@H](NC(=O)[C@H](CCC(F)(F)F)[C@H](CCC(F)(F)F)C(N)=O)C(=O)N2CC(F)(F)F. The molecule has 3 amide bonds. The van der Waals surface area contributed by atoms with Crippen LogP contribution in [0.3, 0.4) is 0 Å². The molecule has 1 aliphatic rings. The fourth-order valence-electron chi connectivity index (χ4n) is 4.79. The van der Waals surface area contributed by atoms with Crippen LogP contribution in [0.2, 0.25) is 0 Å². The van der Waals surface area contributed by atoms with Gasteiger partial charge in [-0.05, 0) is 31.0 Å². The van der Waals surface area contributed by atoms with Gasteiger partial charge in [-0.25, -0.2) is 4.99 Å².